The van der Waals surface area contributed by atoms with E-state index in [0.717, 1.165) is 48.1 Å². The van der Waals surface area contributed by atoms with Gasteiger partial charge in [-0.3, -0.25) is 4.79 Å². The van der Waals surface area contributed by atoms with Gasteiger partial charge < -0.3 is 20.3 Å². The van der Waals surface area contributed by atoms with Crippen LogP contribution in [0.5, 0.6) is 0 Å². The van der Waals surface area contributed by atoms with Crippen molar-refractivity contribution in [1.82, 2.24) is 29.8 Å². The number of amides is 1. The number of aliphatic hydroxyl groups excluding tert-OH is 1. The second-order valence-corrected chi connectivity index (χ2v) is 8.53. The van der Waals surface area contributed by atoms with Crippen molar-refractivity contribution in [2.45, 2.75) is 44.2 Å². The minimum absolute atomic E-state index is 0.178. The van der Waals surface area contributed by atoms with E-state index in [-0.39, 0.29) is 18.1 Å². The molecule has 33 heavy (non-hydrogen) atoms. The zero-order valence-corrected chi connectivity index (χ0v) is 18.5. The second kappa shape index (κ2) is 9.11. The number of hydrogen-bond acceptors (Lipinski definition) is 7. The van der Waals surface area contributed by atoms with Gasteiger partial charge in [-0.2, -0.15) is 0 Å². The lowest BCUT2D eigenvalue weighted by atomic mass is 9.93. The Balaban J connectivity index is 1.28. The smallest absolute Gasteiger partial charge is 0.253 e. The van der Waals surface area contributed by atoms with Crippen LogP contribution in [0.3, 0.4) is 0 Å². The van der Waals surface area contributed by atoms with Crippen LogP contribution in [0.4, 0.5) is 5.95 Å². The fourth-order valence-corrected chi connectivity index (χ4v) is 4.39. The Bertz CT molecular complexity index is 1290. The summed E-state index contributed by atoms with van der Waals surface area (Å²) in [5.74, 6) is 1.20. The highest BCUT2D eigenvalue weighted by atomic mass is 16.3. The maximum Gasteiger partial charge on any atom is 0.253 e. The third-order valence-corrected chi connectivity index (χ3v) is 6.24. The van der Waals surface area contributed by atoms with E-state index in [0.29, 0.717) is 30.0 Å². The maximum absolute atomic E-state index is 13.0. The number of nitrogens with one attached hydrogen (secondary N) is 2. The number of pyridine rings is 1. The summed E-state index contributed by atoms with van der Waals surface area (Å²) in [6, 6.07) is 9.55. The minimum Gasteiger partial charge on any atom is -0.393 e. The summed E-state index contributed by atoms with van der Waals surface area (Å²) < 4.78 is 1.95. The number of anilines is 1. The van der Waals surface area contributed by atoms with Crippen molar-refractivity contribution in [3.05, 3.63) is 54.1 Å². The molecule has 0 unspecified atom stereocenters. The lowest BCUT2D eigenvalue weighted by Gasteiger charge is -2.26. The van der Waals surface area contributed by atoms with Gasteiger partial charge in [0.1, 0.15) is 11.3 Å². The Morgan fingerprint density at radius 1 is 1.12 bits per heavy atom. The van der Waals surface area contributed by atoms with Gasteiger partial charge >= 0.3 is 0 Å². The predicted molar refractivity (Wildman–Crippen MR) is 126 cm³/mol. The normalized spacial score (nSPS) is 18.5. The quantitative estimate of drug-likeness (QED) is 0.417. The van der Waals surface area contributed by atoms with Crippen molar-refractivity contribution in [2.75, 3.05) is 11.9 Å². The van der Waals surface area contributed by atoms with Crippen LogP contribution < -0.4 is 10.6 Å². The zero-order chi connectivity index (χ0) is 22.8. The molecular weight excluding hydrogens is 418 g/mol. The van der Waals surface area contributed by atoms with Gasteiger partial charge in [-0.1, -0.05) is 12.1 Å². The van der Waals surface area contributed by atoms with Crippen molar-refractivity contribution >= 4 is 33.9 Å². The minimum atomic E-state index is -0.212. The fraction of sp³-hybridized carbons (Fsp3) is 0.375. The number of aryl methyl sites for hydroxylation is 1. The molecule has 1 saturated carbocycles. The number of benzene rings is 1. The summed E-state index contributed by atoms with van der Waals surface area (Å²) in [4.78, 5) is 31.0. The molecule has 1 aliphatic rings. The van der Waals surface area contributed by atoms with Crippen molar-refractivity contribution < 1.29 is 9.90 Å². The molecule has 0 saturated heterocycles. The van der Waals surface area contributed by atoms with Crippen molar-refractivity contribution in [2.24, 2.45) is 7.05 Å². The molecule has 5 rings (SSSR count). The molecule has 0 radical (unpaired) electrons. The van der Waals surface area contributed by atoms with Crippen molar-refractivity contribution in [3.8, 4) is 0 Å². The van der Waals surface area contributed by atoms with Crippen LogP contribution in [-0.2, 0) is 13.5 Å². The second-order valence-electron chi connectivity index (χ2n) is 8.53. The van der Waals surface area contributed by atoms with E-state index in [9.17, 15) is 9.90 Å². The van der Waals surface area contributed by atoms with E-state index in [4.69, 9.17) is 0 Å². The first-order valence-corrected chi connectivity index (χ1v) is 11.3. The van der Waals surface area contributed by atoms with Gasteiger partial charge in [0.25, 0.3) is 5.91 Å². The molecule has 1 aliphatic carbocycles. The summed E-state index contributed by atoms with van der Waals surface area (Å²) in [7, 11) is 1.93. The number of para-hydroxylation sites is 1. The van der Waals surface area contributed by atoms with Gasteiger partial charge in [-0.15, -0.1) is 0 Å². The van der Waals surface area contributed by atoms with E-state index >= 15 is 0 Å². The van der Waals surface area contributed by atoms with E-state index in [2.05, 4.69) is 30.6 Å². The summed E-state index contributed by atoms with van der Waals surface area (Å²) in [5, 5.41) is 16.9. The molecule has 1 aromatic carbocycles. The Morgan fingerprint density at radius 3 is 2.79 bits per heavy atom. The zero-order valence-electron chi connectivity index (χ0n) is 18.5. The standard InChI is InChI=1S/C24H27N7O2/c1-31-20(29-19-6-3-12-25-22(19)31)11-13-26-23(33)18-5-2-4-15-14-27-24(30-21(15)18)28-16-7-9-17(32)10-8-16/h2-6,12,14,16-17,32H,7-11,13H2,1H3,(H,26,33)(H,27,28,30). The van der Waals surface area contributed by atoms with E-state index in [1.165, 1.54) is 0 Å². The summed E-state index contributed by atoms with van der Waals surface area (Å²) in [5.41, 5.74) is 2.82. The van der Waals surface area contributed by atoms with Crippen molar-refractivity contribution in [3.63, 3.8) is 0 Å². The van der Waals surface area contributed by atoms with Crippen LogP contribution in [0.1, 0.15) is 41.9 Å². The molecule has 3 heterocycles. The lowest BCUT2D eigenvalue weighted by molar-refractivity contribution is 0.0955. The summed E-state index contributed by atoms with van der Waals surface area (Å²) >= 11 is 0. The number of carbonyl (C=O) groups is 1. The van der Waals surface area contributed by atoms with Crippen molar-refractivity contribution in [1.29, 1.82) is 0 Å². The predicted octanol–water partition coefficient (Wildman–Crippen LogP) is 2.60. The van der Waals surface area contributed by atoms with E-state index in [1.54, 1.807) is 18.5 Å². The monoisotopic (exact) mass is 445 g/mol. The molecule has 9 nitrogen and oxygen atoms in total. The third-order valence-electron chi connectivity index (χ3n) is 6.24. The number of rotatable bonds is 6. The molecule has 1 amide bonds. The molecule has 4 aromatic rings. The number of carbonyl (C=O) groups excluding carboxylic acids is 1. The first-order chi connectivity index (χ1) is 16.1. The van der Waals surface area contributed by atoms with Crippen LogP contribution in [-0.4, -0.2) is 54.2 Å². The maximum atomic E-state index is 13.0. The van der Waals surface area contributed by atoms with Crippen LogP contribution in [0.2, 0.25) is 0 Å². The Kier molecular flexibility index (Phi) is 5.87. The Hall–Kier alpha value is -3.59. The molecule has 0 spiro atoms. The first kappa shape index (κ1) is 21.3. The molecule has 1 fully saturated rings. The van der Waals surface area contributed by atoms with Crippen LogP contribution in [0, 0.1) is 0 Å². The molecule has 9 heteroatoms. The van der Waals surface area contributed by atoms with E-state index in [1.807, 2.05) is 35.9 Å². The highest BCUT2D eigenvalue weighted by molar-refractivity contribution is 6.05. The molecular formula is C24H27N7O2. The van der Waals surface area contributed by atoms with Gasteiger partial charge in [0.15, 0.2) is 5.65 Å². The molecule has 170 valence electrons. The molecule has 0 aliphatic heterocycles. The largest absolute Gasteiger partial charge is 0.393 e. The topological polar surface area (TPSA) is 118 Å². The lowest BCUT2D eigenvalue weighted by Crippen LogP contribution is -2.29. The number of aromatic nitrogens is 5. The Morgan fingerprint density at radius 2 is 1.97 bits per heavy atom. The number of fused-ring (bicyclic) bond motifs is 2. The average molecular weight is 446 g/mol. The Labute approximate surface area is 191 Å². The van der Waals surface area contributed by atoms with Gasteiger partial charge in [-0.25, -0.2) is 19.9 Å². The van der Waals surface area contributed by atoms with Gasteiger partial charge in [0.2, 0.25) is 5.95 Å². The third kappa shape index (κ3) is 4.49. The van der Waals surface area contributed by atoms with Crippen LogP contribution >= 0.6 is 0 Å². The molecule has 3 aromatic heterocycles. The fourth-order valence-electron chi connectivity index (χ4n) is 4.39. The number of aliphatic hydroxyl groups is 1. The average Bonchev–Trinajstić information content (AvgIpc) is 3.15. The molecule has 0 atom stereocenters. The van der Waals surface area contributed by atoms with Gasteiger partial charge in [0.05, 0.1) is 17.2 Å². The van der Waals surface area contributed by atoms with Crippen LogP contribution in [0.25, 0.3) is 22.1 Å². The first-order valence-electron chi connectivity index (χ1n) is 11.3. The SMILES string of the molecule is Cn1c(CCNC(=O)c2cccc3cnc(NC4CCC(O)CC4)nc23)nc2cccnc21. The summed E-state index contributed by atoms with van der Waals surface area (Å²) in [6.45, 7) is 0.451. The van der Waals surface area contributed by atoms with Crippen LogP contribution in [0.15, 0.2) is 42.7 Å². The molecule has 3 N–H and O–H groups in total. The number of imidazole rings is 1. The van der Waals surface area contributed by atoms with Gasteiger partial charge in [0, 0.05) is 43.8 Å². The highest BCUT2D eigenvalue weighted by Gasteiger charge is 2.20. The number of nitrogens with zero attached hydrogens (tertiary/aromatic N) is 5. The summed E-state index contributed by atoms with van der Waals surface area (Å²) in [6.07, 6.45) is 7.19. The molecule has 0 bridgehead atoms. The van der Waals surface area contributed by atoms with Gasteiger partial charge in [-0.05, 0) is 43.9 Å². The number of hydrogen-bond donors (Lipinski definition) is 3. The highest BCUT2D eigenvalue weighted by Crippen LogP contribution is 2.23. The van der Waals surface area contributed by atoms with E-state index < -0.39 is 0 Å².